The van der Waals surface area contributed by atoms with Crippen LogP contribution in [0.25, 0.3) is 0 Å². The van der Waals surface area contributed by atoms with Crippen LogP contribution in [0.2, 0.25) is 0 Å². The van der Waals surface area contributed by atoms with E-state index >= 15 is 0 Å². The molecule has 0 aliphatic heterocycles. The second kappa shape index (κ2) is 20.5. The SMILES string of the molecule is CCC=CCOC[C@H](COCCCCCCCCO[C@H]1CC[C@@]2(C)C(=CCC3C2CC[C@@]2(C)C3CC[C@@H]2[C@H](C)CCCC(C)C)C1)N(C)C. The number of hydrogen-bond acceptors (Lipinski definition) is 4. The van der Waals surface area contributed by atoms with Crippen molar-refractivity contribution in [1.82, 2.24) is 4.90 Å². The second-order valence-electron chi connectivity index (χ2n) is 18.3. The summed E-state index contributed by atoms with van der Waals surface area (Å²) >= 11 is 0. The summed E-state index contributed by atoms with van der Waals surface area (Å²) in [5.41, 5.74) is 2.80. The Kier molecular flexibility index (Phi) is 17.2. The van der Waals surface area contributed by atoms with Crippen LogP contribution in [0.5, 0.6) is 0 Å². The summed E-state index contributed by atoms with van der Waals surface area (Å²) in [5.74, 6) is 5.50. The van der Waals surface area contributed by atoms with Crippen molar-refractivity contribution in [2.45, 2.75) is 169 Å². The van der Waals surface area contributed by atoms with Crippen LogP contribution < -0.4 is 0 Å². The van der Waals surface area contributed by atoms with Gasteiger partial charge in [-0.3, -0.25) is 0 Å². The molecule has 0 amide bonds. The van der Waals surface area contributed by atoms with Gasteiger partial charge in [-0.1, -0.05) is 110 Å². The topological polar surface area (TPSA) is 30.9 Å². The molecule has 3 saturated carbocycles. The maximum absolute atomic E-state index is 6.56. The number of allylic oxidation sites excluding steroid dienone is 2. The van der Waals surface area contributed by atoms with E-state index in [4.69, 9.17) is 14.2 Å². The molecule has 9 atom stereocenters. The Morgan fingerprint density at radius 1 is 0.816 bits per heavy atom. The molecule has 4 aliphatic carbocycles. The van der Waals surface area contributed by atoms with E-state index in [1.807, 2.05) is 0 Å². The number of hydrogen-bond donors (Lipinski definition) is 0. The Labute approximate surface area is 304 Å². The van der Waals surface area contributed by atoms with Crippen molar-refractivity contribution in [2.75, 3.05) is 47.1 Å². The van der Waals surface area contributed by atoms with Gasteiger partial charge in [-0.25, -0.2) is 0 Å². The lowest BCUT2D eigenvalue weighted by Crippen LogP contribution is -2.51. The van der Waals surface area contributed by atoms with E-state index in [9.17, 15) is 0 Å². The Balaban J connectivity index is 1.08. The predicted octanol–water partition coefficient (Wildman–Crippen LogP) is 11.7. The molecule has 0 aromatic heterocycles. The lowest BCUT2D eigenvalue weighted by Gasteiger charge is -2.58. The first-order chi connectivity index (χ1) is 23.6. The molecule has 0 N–H and O–H groups in total. The van der Waals surface area contributed by atoms with E-state index in [0.717, 1.165) is 74.8 Å². The van der Waals surface area contributed by atoms with Gasteiger partial charge in [0, 0.05) is 13.2 Å². The van der Waals surface area contributed by atoms with Crippen molar-refractivity contribution in [1.29, 1.82) is 0 Å². The van der Waals surface area contributed by atoms with E-state index in [1.165, 1.54) is 103 Å². The number of ether oxygens (including phenoxy) is 3. The fraction of sp³-hybridized carbons (Fsp3) is 0.911. The van der Waals surface area contributed by atoms with Crippen LogP contribution in [0, 0.1) is 46.3 Å². The summed E-state index contributed by atoms with van der Waals surface area (Å²) in [5, 5.41) is 0. The summed E-state index contributed by atoms with van der Waals surface area (Å²) in [4.78, 5) is 2.21. The highest BCUT2D eigenvalue weighted by Gasteiger charge is 2.59. The molecule has 4 heteroatoms. The first kappa shape index (κ1) is 41.1. The quantitative estimate of drug-likeness (QED) is 0.0792. The molecule has 0 aromatic rings. The molecule has 4 nitrogen and oxygen atoms in total. The van der Waals surface area contributed by atoms with Crippen LogP contribution in [-0.4, -0.2) is 64.2 Å². The van der Waals surface area contributed by atoms with Gasteiger partial charge in [0.05, 0.1) is 32.0 Å². The average Bonchev–Trinajstić information content (AvgIpc) is 3.43. The zero-order valence-electron chi connectivity index (χ0n) is 33.8. The minimum Gasteiger partial charge on any atom is -0.380 e. The molecular formula is C45H81NO3. The highest BCUT2D eigenvalue weighted by molar-refractivity contribution is 5.25. The predicted molar refractivity (Wildman–Crippen MR) is 209 cm³/mol. The molecule has 4 aliphatic rings. The number of unbranched alkanes of at least 4 members (excludes halogenated alkanes) is 5. The Hall–Kier alpha value is -0.680. The Morgan fingerprint density at radius 3 is 2.29 bits per heavy atom. The third kappa shape index (κ3) is 11.4. The normalized spacial score (nSPS) is 32.7. The monoisotopic (exact) mass is 684 g/mol. The Bertz CT molecular complexity index is 990. The van der Waals surface area contributed by atoms with Crippen LogP contribution in [-0.2, 0) is 14.2 Å². The van der Waals surface area contributed by atoms with Crippen LogP contribution in [0.15, 0.2) is 23.8 Å². The van der Waals surface area contributed by atoms with Gasteiger partial charge in [-0.15, -0.1) is 0 Å². The molecule has 0 saturated heterocycles. The lowest BCUT2D eigenvalue weighted by molar-refractivity contribution is -0.0641. The van der Waals surface area contributed by atoms with Gasteiger partial charge < -0.3 is 19.1 Å². The summed E-state index contributed by atoms with van der Waals surface area (Å²) < 4.78 is 18.4. The van der Waals surface area contributed by atoms with E-state index in [1.54, 1.807) is 5.57 Å². The van der Waals surface area contributed by atoms with Crippen molar-refractivity contribution < 1.29 is 14.2 Å². The summed E-state index contributed by atoms with van der Waals surface area (Å²) in [6.07, 6.45) is 31.5. The fourth-order valence-corrected chi connectivity index (χ4v) is 11.1. The van der Waals surface area contributed by atoms with Crippen molar-refractivity contribution >= 4 is 0 Å². The first-order valence-corrected chi connectivity index (χ1v) is 21.4. The minimum atomic E-state index is 0.320. The number of fused-ring (bicyclic) bond motifs is 5. The maximum atomic E-state index is 6.56. The molecule has 4 rings (SSSR count). The number of nitrogens with zero attached hydrogens (tertiary/aromatic N) is 1. The Morgan fingerprint density at radius 2 is 1.55 bits per heavy atom. The van der Waals surface area contributed by atoms with Crippen LogP contribution in [0.1, 0.15) is 157 Å². The van der Waals surface area contributed by atoms with Gasteiger partial charge in [-0.2, -0.15) is 0 Å². The van der Waals surface area contributed by atoms with Gasteiger partial charge in [0.25, 0.3) is 0 Å². The number of likely N-dealkylation sites (N-methyl/N-ethyl adjacent to an activating group) is 1. The molecule has 3 unspecified atom stereocenters. The smallest absolute Gasteiger partial charge is 0.0648 e. The second-order valence-corrected chi connectivity index (χ2v) is 18.3. The summed E-state index contributed by atoms with van der Waals surface area (Å²) in [6.45, 7) is 18.9. The molecule has 0 spiro atoms. The van der Waals surface area contributed by atoms with Gasteiger partial charge >= 0.3 is 0 Å². The first-order valence-electron chi connectivity index (χ1n) is 21.4. The van der Waals surface area contributed by atoms with E-state index in [2.05, 4.69) is 78.8 Å². The van der Waals surface area contributed by atoms with Crippen molar-refractivity contribution in [3.8, 4) is 0 Å². The minimum absolute atomic E-state index is 0.320. The number of rotatable bonds is 23. The van der Waals surface area contributed by atoms with Gasteiger partial charge in [0.1, 0.15) is 0 Å². The zero-order chi connectivity index (χ0) is 35.3. The third-order valence-corrected chi connectivity index (χ3v) is 14.3. The third-order valence-electron chi connectivity index (χ3n) is 14.3. The van der Waals surface area contributed by atoms with Crippen LogP contribution in [0.4, 0.5) is 0 Å². The van der Waals surface area contributed by atoms with Crippen molar-refractivity contribution in [3.63, 3.8) is 0 Å². The zero-order valence-corrected chi connectivity index (χ0v) is 33.8. The highest BCUT2D eigenvalue weighted by atomic mass is 16.5. The molecular weight excluding hydrogens is 602 g/mol. The lowest BCUT2D eigenvalue weighted by atomic mass is 9.47. The van der Waals surface area contributed by atoms with Crippen molar-refractivity contribution in [2.24, 2.45) is 46.3 Å². The standard InChI is InChI=1S/C45H81NO3/c1-9-10-15-29-47-33-38(46(7)8)34-48-30-16-13-11-12-14-17-31-49-39-25-27-44(5)37(32-39)21-22-40-42-24-23-41(36(4)20-18-19-35(2)3)45(42,6)28-26-43(40)44/h10,15,21,35-36,38-43H,9,11-14,16-20,22-34H2,1-8H3/t36-,38-,39+,40?,41-,42?,43?,44+,45-/m1/s1. The van der Waals surface area contributed by atoms with Crippen LogP contribution >= 0.6 is 0 Å². The fourth-order valence-electron chi connectivity index (χ4n) is 11.1. The van der Waals surface area contributed by atoms with E-state index in [0.29, 0.717) is 29.6 Å². The van der Waals surface area contributed by atoms with E-state index in [-0.39, 0.29) is 0 Å². The summed E-state index contributed by atoms with van der Waals surface area (Å²) in [7, 11) is 4.23. The summed E-state index contributed by atoms with van der Waals surface area (Å²) in [6, 6.07) is 0.320. The molecule has 0 aromatic carbocycles. The van der Waals surface area contributed by atoms with Crippen LogP contribution in [0.3, 0.4) is 0 Å². The molecule has 3 fully saturated rings. The molecule has 0 bridgehead atoms. The van der Waals surface area contributed by atoms with Gasteiger partial charge in [-0.05, 0) is 131 Å². The largest absolute Gasteiger partial charge is 0.380 e. The molecule has 0 radical (unpaired) electrons. The highest BCUT2D eigenvalue weighted by Crippen LogP contribution is 2.67. The molecule has 0 heterocycles. The maximum Gasteiger partial charge on any atom is 0.0648 e. The molecule has 49 heavy (non-hydrogen) atoms. The van der Waals surface area contributed by atoms with Gasteiger partial charge in [0.2, 0.25) is 0 Å². The van der Waals surface area contributed by atoms with Gasteiger partial charge in [0.15, 0.2) is 0 Å². The van der Waals surface area contributed by atoms with E-state index < -0.39 is 0 Å². The van der Waals surface area contributed by atoms with Crippen molar-refractivity contribution in [3.05, 3.63) is 23.8 Å². The average molecular weight is 684 g/mol. The molecule has 284 valence electrons.